The first-order chi connectivity index (χ1) is 9.61. The van der Waals surface area contributed by atoms with E-state index in [-0.39, 0.29) is 0 Å². The van der Waals surface area contributed by atoms with Crippen molar-refractivity contribution in [2.24, 2.45) is 0 Å². The van der Waals surface area contributed by atoms with Crippen LogP contribution in [0.15, 0.2) is 6.07 Å². The number of piperidine rings is 1. The number of aromatic nitrogens is 2. The van der Waals surface area contributed by atoms with Gasteiger partial charge in [-0.15, -0.1) is 0 Å². The molecule has 0 spiro atoms. The monoisotopic (exact) mass is 276 g/mol. The lowest BCUT2D eigenvalue weighted by atomic mass is 10.1. The Hall–Kier alpha value is -1.16. The standard InChI is InChI=1S/C16H28N4/c1-5-9-20(14-7-6-8-17-11-14)15-10-13(4)18-16(19-15)12(2)3/h10,12,14,17H,5-9,11H2,1-4H3. The first-order valence-corrected chi connectivity index (χ1v) is 7.94. The maximum Gasteiger partial charge on any atom is 0.133 e. The van der Waals surface area contributed by atoms with Crippen molar-refractivity contribution in [2.45, 2.75) is 58.9 Å². The molecule has 1 atom stereocenters. The predicted octanol–water partition coefficient (Wildman–Crippen LogP) is 2.88. The van der Waals surface area contributed by atoms with Crippen LogP contribution in [0.25, 0.3) is 0 Å². The van der Waals surface area contributed by atoms with Gasteiger partial charge < -0.3 is 10.2 Å². The van der Waals surface area contributed by atoms with E-state index >= 15 is 0 Å². The third kappa shape index (κ3) is 3.69. The quantitative estimate of drug-likeness (QED) is 0.898. The molecule has 0 radical (unpaired) electrons. The fourth-order valence-electron chi connectivity index (χ4n) is 2.80. The smallest absolute Gasteiger partial charge is 0.133 e. The van der Waals surface area contributed by atoms with Crippen molar-refractivity contribution in [1.82, 2.24) is 15.3 Å². The summed E-state index contributed by atoms with van der Waals surface area (Å²) in [6.45, 7) is 11.9. The van der Waals surface area contributed by atoms with Crippen LogP contribution in [0.1, 0.15) is 57.5 Å². The van der Waals surface area contributed by atoms with E-state index in [2.05, 4.69) is 49.0 Å². The molecule has 1 aromatic rings. The third-order valence-electron chi connectivity index (χ3n) is 3.84. The van der Waals surface area contributed by atoms with Crippen LogP contribution in [0, 0.1) is 6.92 Å². The zero-order valence-corrected chi connectivity index (χ0v) is 13.3. The van der Waals surface area contributed by atoms with E-state index < -0.39 is 0 Å². The lowest BCUT2D eigenvalue weighted by molar-refractivity contribution is 0.428. The molecule has 2 heterocycles. The summed E-state index contributed by atoms with van der Waals surface area (Å²) >= 11 is 0. The van der Waals surface area contributed by atoms with Crippen LogP contribution in [0.5, 0.6) is 0 Å². The summed E-state index contributed by atoms with van der Waals surface area (Å²) in [4.78, 5) is 11.9. The average Bonchev–Trinajstić information content (AvgIpc) is 2.45. The van der Waals surface area contributed by atoms with E-state index in [9.17, 15) is 0 Å². The zero-order valence-electron chi connectivity index (χ0n) is 13.3. The van der Waals surface area contributed by atoms with Gasteiger partial charge >= 0.3 is 0 Å². The number of nitrogens with one attached hydrogen (secondary N) is 1. The normalized spacial score (nSPS) is 19.4. The molecule has 0 amide bonds. The molecule has 0 aromatic carbocycles. The highest BCUT2D eigenvalue weighted by molar-refractivity contribution is 5.41. The number of aryl methyl sites for hydroxylation is 1. The Morgan fingerprint density at radius 1 is 1.40 bits per heavy atom. The van der Waals surface area contributed by atoms with E-state index in [0.29, 0.717) is 12.0 Å². The molecule has 112 valence electrons. The fourth-order valence-corrected chi connectivity index (χ4v) is 2.80. The van der Waals surface area contributed by atoms with E-state index in [4.69, 9.17) is 4.98 Å². The fraction of sp³-hybridized carbons (Fsp3) is 0.750. The molecule has 1 aromatic heterocycles. The van der Waals surface area contributed by atoms with Gasteiger partial charge in [-0.2, -0.15) is 0 Å². The molecular weight excluding hydrogens is 248 g/mol. The molecule has 20 heavy (non-hydrogen) atoms. The molecule has 1 aliphatic heterocycles. The van der Waals surface area contributed by atoms with Gasteiger partial charge in [0.05, 0.1) is 0 Å². The van der Waals surface area contributed by atoms with Crippen LogP contribution in [0.2, 0.25) is 0 Å². The molecule has 1 fully saturated rings. The first-order valence-electron chi connectivity index (χ1n) is 7.94. The van der Waals surface area contributed by atoms with Gasteiger partial charge in [0.1, 0.15) is 11.6 Å². The SMILES string of the molecule is CCCN(c1cc(C)nc(C(C)C)n1)C1CCCNC1. The summed E-state index contributed by atoms with van der Waals surface area (Å²) in [5.74, 6) is 2.45. The van der Waals surface area contributed by atoms with Gasteiger partial charge in [-0.25, -0.2) is 9.97 Å². The van der Waals surface area contributed by atoms with Crippen molar-refractivity contribution < 1.29 is 0 Å². The predicted molar refractivity (Wildman–Crippen MR) is 84.4 cm³/mol. The molecule has 0 saturated carbocycles. The Balaban J connectivity index is 2.27. The molecule has 0 bridgehead atoms. The maximum atomic E-state index is 4.81. The van der Waals surface area contributed by atoms with Gasteiger partial charge in [0.25, 0.3) is 0 Å². The van der Waals surface area contributed by atoms with Gasteiger partial charge in [-0.1, -0.05) is 20.8 Å². The minimum atomic E-state index is 0.376. The topological polar surface area (TPSA) is 41.1 Å². The minimum absolute atomic E-state index is 0.376. The summed E-state index contributed by atoms with van der Waals surface area (Å²) in [7, 11) is 0. The highest BCUT2D eigenvalue weighted by Gasteiger charge is 2.22. The number of anilines is 1. The molecule has 4 nitrogen and oxygen atoms in total. The van der Waals surface area contributed by atoms with E-state index in [1.54, 1.807) is 0 Å². The zero-order chi connectivity index (χ0) is 14.5. The van der Waals surface area contributed by atoms with Crippen molar-refractivity contribution in [1.29, 1.82) is 0 Å². The Kier molecular flexibility index (Phi) is 5.35. The van der Waals surface area contributed by atoms with Gasteiger partial charge in [0.2, 0.25) is 0 Å². The Morgan fingerprint density at radius 3 is 2.80 bits per heavy atom. The lowest BCUT2D eigenvalue weighted by Crippen LogP contribution is -2.47. The lowest BCUT2D eigenvalue weighted by Gasteiger charge is -2.35. The number of rotatable bonds is 5. The van der Waals surface area contributed by atoms with Crippen molar-refractivity contribution in [3.05, 3.63) is 17.6 Å². The molecule has 2 rings (SSSR count). The molecule has 1 unspecified atom stereocenters. The molecule has 1 saturated heterocycles. The van der Waals surface area contributed by atoms with Crippen LogP contribution in [-0.4, -0.2) is 35.6 Å². The summed E-state index contributed by atoms with van der Waals surface area (Å²) in [5, 5.41) is 3.51. The summed E-state index contributed by atoms with van der Waals surface area (Å²) in [6, 6.07) is 2.70. The third-order valence-corrected chi connectivity index (χ3v) is 3.84. The number of hydrogen-bond acceptors (Lipinski definition) is 4. The van der Waals surface area contributed by atoms with Gasteiger partial charge in [-0.05, 0) is 32.7 Å². The van der Waals surface area contributed by atoms with Crippen LogP contribution >= 0.6 is 0 Å². The minimum Gasteiger partial charge on any atom is -0.352 e. The summed E-state index contributed by atoms with van der Waals surface area (Å²) in [5.41, 5.74) is 1.07. The first kappa shape index (κ1) is 15.2. The average molecular weight is 276 g/mol. The summed E-state index contributed by atoms with van der Waals surface area (Å²) < 4.78 is 0. The van der Waals surface area contributed by atoms with Crippen LogP contribution in [-0.2, 0) is 0 Å². The molecular formula is C16H28N4. The second kappa shape index (κ2) is 7.02. The Bertz CT molecular complexity index is 424. The number of nitrogens with zero attached hydrogens (tertiary/aromatic N) is 3. The largest absolute Gasteiger partial charge is 0.352 e. The van der Waals surface area contributed by atoms with Crippen molar-refractivity contribution >= 4 is 5.82 Å². The second-order valence-corrected chi connectivity index (χ2v) is 6.07. The van der Waals surface area contributed by atoms with Gasteiger partial charge in [0.15, 0.2) is 0 Å². The van der Waals surface area contributed by atoms with Gasteiger partial charge in [-0.3, -0.25) is 0 Å². The van der Waals surface area contributed by atoms with Crippen LogP contribution in [0.3, 0.4) is 0 Å². The maximum absolute atomic E-state index is 4.81. The highest BCUT2D eigenvalue weighted by Crippen LogP contribution is 2.22. The van der Waals surface area contributed by atoms with E-state index in [1.807, 2.05) is 0 Å². The summed E-state index contributed by atoms with van der Waals surface area (Å²) in [6.07, 6.45) is 3.66. The van der Waals surface area contributed by atoms with Gasteiger partial charge in [0, 0.05) is 36.8 Å². The van der Waals surface area contributed by atoms with Crippen LogP contribution < -0.4 is 10.2 Å². The van der Waals surface area contributed by atoms with Crippen molar-refractivity contribution in [3.63, 3.8) is 0 Å². The molecule has 0 aliphatic carbocycles. The van der Waals surface area contributed by atoms with E-state index in [1.165, 1.54) is 12.8 Å². The molecule has 1 N–H and O–H groups in total. The molecule has 4 heteroatoms. The molecule has 1 aliphatic rings. The van der Waals surface area contributed by atoms with Crippen molar-refractivity contribution in [3.8, 4) is 0 Å². The van der Waals surface area contributed by atoms with Crippen LogP contribution in [0.4, 0.5) is 5.82 Å². The Labute approximate surface area is 123 Å². The highest BCUT2D eigenvalue weighted by atomic mass is 15.2. The number of hydrogen-bond donors (Lipinski definition) is 1. The Morgan fingerprint density at radius 2 is 2.20 bits per heavy atom. The van der Waals surface area contributed by atoms with Crippen molar-refractivity contribution in [2.75, 3.05) is 24.5 Å². The van der Waals surface area contributed by atoms with E-state index in [0.717, 1.165) is 43.4 Å². The second-order valence-electron chi connectivity index (χ2n) is 6.07.